The summed E-state index contributed by atoms with van der Waals surface area (Å²) >= 11 is 0. The fourth-order valence-electron chi connectivity index (χ4n) is 4.74. The molecule has 0 aliphatic rings. The first-order valence-electron chi connectivity index (χ1n) is 12.2. The van der Waals surface area contributed by atoms with Crippen LogP contribution in [0.2, 0.25) is 0 Å². The maximum Gasteiger partial charge on any atom is 0.317 e. The number of carbonyl (C=O) groups is 1. The molecule has 32 heavy (non-hydrogen) atoms. The molecule has 0 saturated carbocycles. The van der Waals surface area contributed by atoms with E-state index in [1.54, 1.807) is 12.1 Å². The van der Waals surface area contributed by atoms with E-state index in [1.807, 2.05) is 24.3 Å². The van der Waals surface area contributed by atoms with Gasteiger partial charge in [0.1, 0.15) is 11.5 Å². The quantitative estimate of drug-likeness (QED) is 0.229. The van der Waals surface area contributed by atoms with Gasteiger partial charge in [0.05, 0.1) is 5.41 Å². The van der Waals surface area contributed by atoms with Gasteiger partial charge in [-0.2, -0.15) is 0 Å². The van der Waals surface area contributed by atoms with Crippen LogP contribution in [0, 0.1) is 22.2 Å². The van der Waals surface area contributed by atoms with Gasteiger partial charge in [-0.25, -0.2) is 0 Å². The van der Waals surface area contributed by atoms with E-state index in [1.165, 1.54) is 19.3 Å². The van der Waals surface area contributed by atoms with Crippen LogP contribution >= 0.6 is 0 Å². The molecule has 0 fully saturated rings. The van der Waals surface area contributed by atoms with Gasteiger partial charge < -0.3 is 9.84 Å². The summed E-state index contributed by atoms with van der Waals surface area (Å²) < 4.78 is 5.96. The summed E-state index contributed by atoms with van der Waals surface area (Å²) in [6.07, 6.45) is 6.50. The van der Waals surface area contributed by atoms with Crippen molar-refractivity contribution in [3.05, 3.63) is 36.4 Å². The number of benzene rings is 2. The van der Waals surface area contributed by atoms with Crippen molar-refractivity contribution >= 4 is 16.7 Å². The van der Waals surface area contributed by atoms with E-state index in [9.17, 15) is 9.90 Å². The summed E-state index contributed by atoms with van der Waals surface area (Å²) in [5.74, 6) is 0.871. The first-order chi connectivity index (χ1) is 14.8. The molecule has 178 valence electrons. The van der Waals surface area contributed by atoms with Crippen LogP contribution in [0.5, 0.6) is 11.5 Å². The number of rotatable bonds is 10. The molecule has 0 radical (unpaired) electrons. The zero-order chi connectivity index (χ0) is 24.2. The molecule has 2 unspecified atom stereocenters. The molecule has 0 saturated heterocycles. The highest BCUT2D eigenvalue weighted by atomic mass is 16.5. The van der Waals surface area contributed by atoms with Crippen LogP contribution in [0.15, 0.2) is 36.4 Å². The van der Waals surface area contributed by atoms with Crippen molar-refractivity contribution in [2.24, 2.45) is 22.2 Å². The molecular weight excluding hydrogens is 396 g/mol. The second-order valence-electron chi connectivity index (χ2n) is 11.9. The van der Waals surface area contributed by atoms with Crippen molar-refractivity contribution in [1.29, 1.82) is 0 Å². The smallest absolute Gasteiger partial charge is 0.317 e. The second kappa shape index (κ2) is 10.3. The van der Waals surface area contributed by atoms with Crippen LogP contribution in [-0.4, -0.2) is 11.1 Å². The molecule has 0 bridgehead atoms. The number of ether oxygens (including phenoxy) is 1. The van der Waals surface area contributed by atoms with Crippen LogP contribution in [0.1, 0.15) is 93.9 Å². The maximum atomic E-state index is 13.5. The monoisotopic (exact) mass is 440 g/mol. The van der Waals surface area contributed by atoms with E-state index in [0.717, 1.165) is 30.0 Å². The minimum absolute atomic E-state index is 0.0655. The number of aromatic hydroxyl groups is 1. The van der Waals surface area contributed by atoms with E-state index < -0.39 is 5.41 Å². The van der Waals surface area contributed by atoms with Crippen LogP contribution in [0.25, 0.3) is 10.8 Å². The molecule has 0 heterocycles. The highest BCUT2D eigenvalue weighted by molar-refractivity contribution is 5.86. The number of carbonyl (C=O) groups excluding carboxylic acids is 1. The van der Waals surface area contributed by atoms with Crippen LogP contribution < -0.4 is 4.74 Å². The van der Waals surface area contributed by atoms with Crippen molar-refractivity contribution in [1.82, 2.24) is 0 Å². The minimum Gasteiger partial charge on any atom is -0.508 e. The zero-order valence-electron chi connectivity index (χ0n) is 21.5. The fraction of sp³-hybridized carbons (Fsp3) is 0.621. The van der Waals surface area contributed by atoms with Crippen molar-refractivity contribution in [2.45, 2.75) is 93.9 Å². The van der Waals surface area contributed by atoms with Gasteiger partial charge in [0.15, 0.2) is 0 Å². The minimum atomic E-state index is -0.549. The summed E-state index contributed by atoms with van der Waals surface area (Å²) in [6, 6.07) is 10.8. The van der Waals surface area contributed by atoms with E-state index in [2.05, 4.69) is 55.4 Å². The first-order valence-corrected chi connectivity index (χ1v) is 12.2. The molecule has 0 amide bonds. The second-order valence-corrected chi connectivity index (χ2v) is 11.9. The predicted octanol–water partition coefficient (Wildman–Crippen LogP) is 8.53. The number of phenols is 1. The van der Waals surface area contributed by atoms with Gasteiger partial charge in [-0.1, -0.05) is 79.9 Å². The number of hydrogen-bond donors (Lipinski definition) is 1. The largest absolute Gasteiger partial charge is 0.508 e. The topological polar surface area (TPSA) is 46.5 Å². The highest BCUT2D eigenvalue weighted by Gasteiger charge is 2.43. The third kappa shape index (κ3) is 7.25. The standard InChI is InChI=1S/C29H44O3/c1-9-21(2)29(8,20-28(6,7)17-11-10-16-27(3,4)5)26(31)32-25-15-13-22-18-24(30)14-12-23(22)19-25/h12-15,18-19,21,30H,9-11,16-17,20H2,1-8H3. The Balaban J connectivity index is 2.14. The number of unbranched alkanes of at least 4 members (excludes halogenated alkanes) is 1. The van der Waals surface area contributed by atoms with Crippen molar-refractivity contribution in [2.75, 3.05) is 0 Å². The summed E-state index contributed by atoms with van der Waals surface area (Å²) in [6.45, 7) is 17.9. The Morgan fingerprint density at radius 1 is 0.938 bits per heavy atom. The van der Waals surface area contributed by atoms with E-state index in [-0.39, 0.29) is 23.1 Å². The fourth-order valence-corrected chi connectivity index (χ4v) is 4.74. The molecule has 2 aromatic rings. The van der Waals surface area contributed by atoms with Gasteiger partial charge >= 0.3 is 5.97 Å². The van der Waals surface area contributed by atoms with Crippen LogP contribution in [0.3, 0.4) is 0 Å². The van der Waals surface area contributed by atoms with Gasteiger partial charge in [0.2, 0.25) is 0 Å². The lowest BCUT2D eigenvalue weighted by molar-refractivity contribution is -0.150. The third-order valence-electron chi connectivity index (χ3n) is 7.05. The molecule has 2 rings (SSSR count). The zero-order valence-corrected chi connectivity index (χ0v) is 21.5. The Kier molecular flexibility index (Phi) is 8.42. The molecule has 0 aromatic heterocycles. The van der Waals surface area contributed by atoms with E-state index in [4.69, 9.17) is 4.74 Å². The van der Waals surface area contributed by atoms with Crippen molar-refractivity contribution in [3.63, 3.8) is 0 Å². The van der Waals surface area contributed by atoms with Gasteiger partial charge in [-0.05, 0) is 78.0 Å². The number of fused-ring (bicyclic) bond motifs is 1. The number of phenolic OH excluding ortho intramolecular Hbond substituents is 1. The number of hydrogen-bond acceptors (Lipinski definition) is 3. The Hall–Kier alpha value is -2.03. The van der Waals surface area contributed by atoms with Gasteiger partial charge in [-0.3, -0.25) is 4.79 Å². The number of esters is 1. The van der Waals surface area contributed by atoms with E-state index >= 15 is 0 Å². The summed E-state index contributed by atoms with van der Waals surface area (Å²) in [5.41, 5.74) is -0.111. The Labute approximate surface area is 195 Å². The lowest BCUT2D eigenvalue weighted by atomic mass is 9.65. The van der Waals surface area contributed by atoms with Crippen LogP contribution in [0.4, 0.5) is 0 Å². The first kappa shape index (κ1) is 26.2. The van der Waals surface area contributed by atoms with Crippen molar-refractivity contribution < 1.29 is 14.6 Å². The molecule has 0 spiro atoms. The van der Waals surface area contributed by atoms with Gasteiger partial charge in [0, 0.05) is 0 Å². The lowest BCUT2D eigenvalue weighted by Gasteiger charge is -2.39. The van der Waals surface area contributed by atoms with Crippen LogP contribution in [-0.2, 0) is 4.79 Å². The average molecular weight is 441 g/mol. The van der Waals surface area contributed by atoms with Gasteiger partial charge in [-0.15, -0.1) is 0 Å². The molecule has 2 aromatic carbocycles. The molecule has 1 N–H and O–H groups in total. The Morgan fingerprint density at radius 2 is 1.53 bits per heavy atom. The SMILES string of the molecule is CCC(C)C(C)(CC(C)(C)CCCCC(C)(C)C)C(=O)Oc1ccc2cc(O)ccc2c1. The summed E-state index contributed by atoms with van der Waals surface area (Å²) in [4.78, 5) is 13.5. The third-order valence-corrected chi connectivity index (χ3v) is 7.05. The highest BCUT2D eigenvalue weighted by Crippen LogP contribution is 2.44. The molecule has 0 aliphatic carbocycles. The average Bonchev–Trinajstić information content (AvgIpc) is 2.69. The molecule has 3 nitrogen and oxygen atoms in total. The summed E-state index contributed by atoms with van der Waals surface area (Å²) in [7, 11) is 0. The molecule has 2 atom stereocenters. The molecule has 0 aliphatic heterocycles. The predicted molar refractivity (Wildman–Crippen MR) is 135 cm³/mol. The van der Waals surface area contributed by atoms with E-state index in [0.29, 0.717) is 11.2 Å². The van der Waals surface area contributed by atoms with Crippen molar-refractivity contribution in [3.8, 4) is 11.5 Å². The molecule has 3 heteroatoms. The maximum absolute atomic E-state index is 13.5. The normalized spacial score (nSPS) is 15.4. The lowest BCUT2D eigenvalue weighted by Crippen LogP contribution is -2.41. The molecular formula is C29H44O3. The van der Waals surface area contributed by atoms with Gasteiger partial charge in [0.25, 0.3) is 0 Å². The summed E-state index contributed by atoms with van der Waals surface area (Å²) in [5, 5.41) is 11.5. The Bertz CT molecular complexity index is 906. The Morgan fingerprint density at radius 3 is 2.16 bits per heavy atom.